The number of imidazole rings is 1. The molecule has 1 N–H and O–H groups in total. The van der Waals surface area contributed by atoms with Gasteiger partial charge in [-0.05, 0) is 86.4 Å². The minimum Gasteiger partial charge on any atom is -0.342 e. The van der Waals surface area contributed by atoms with Crippen molar-refractivity contribution in [2.45, 2.75) is 63.3 Å². The Bertz CT molecular complexity index is 1910. The van der Waals surface area contributed by atoms with Gasteiger partial charge in [-0.25, -0.2) is 4.98 Å². The van der Waals surface area contributed by atoms with Gasteiger partial charge in [-0.1, -0.05) is 31.1 Å². The highest BCUT2D eigenvalue weighted by Gasteiger charge is 2.44. The number of amides is 1. The topological polar surface area (TPSA) is 94.7 Å². The van der Waals surface area contributed by atoms with E-state index in [1.165, 1.54) is 43.6 Å². The van der Waals surface area contributed by atoms with E-state index in [-0.39, 0.29) is 11.7 Å². The number of nitrogens with one attached hydrogen (secondary N) is 1. The molecule has 218 valence electrons. The van der Waals surface area contributed by atoms with Crippen LogP contribution in [-0.2, 0) is 24.4 Å². The van der Waals surface area contributed by atoms with Crippen molar-refractivity contribution in [3.8, 4) is 11.4 Å². The second kappa shape index (κ2) is 10.6. The molecule has 0 saturated heterocycles. The maximum absolute atomic E-state index is 13.9. The van der Waals surface area contributed by atoms with Crippen molar-refractivity contribution in [3.63, 3.8) is 0 Å². The number of benzene rings is 2. The van der Waals surface area contributed by atoms with Gasteiger partial charge in [0.05, 0.1) is 28.5 Å². The van der Waals surface area contributed by atoms with E-state index in [9.17, 15) is 9.59 Å². The zero-order chi connectivity index (χ0) is 29.7. The summed E-state index contributed by atoms with van der Waals surface area (Å²) in [6.45, 7) is 1.54. The number of allylic oxidation sites excluding steroid dienone is 1. The molecule has 8 nitrogen and oxygen atoms in total. The first kappa shape index (κ1) is 27.3. The van der Waals surface area contributed by atoms with Crippen molar-refractivity contribution < 1.29 is 9.59 Å². The van der Waals surface area contributed by atoms with Crippen molar-refractivity contribution in [2.24, 2.45) is 14.1 Å². The minimum absolute atomic E-state index is 0.00574. The van der Waals surface area contributed by atoms with Crippen LogP contribution >= 0.6 is 0 Å². The van der Waals surface area contributed by atoms with Crippen LogP contribution in [0, 0.1) is 0 Å². The molecule has 8 heteroatoms. The highest BCUT2D eigenvalue weighted by Crippen LogP contribution is 2.45. The second-order valence-electron chi connectivity index (χ2n) is 12.2. The van der Waals surface area contributed by atoms with E-state index >= 15 is 0 Å². The first-order valence-electron chi connectivity index (χ1n) is 15.2. The quantitative estimate of drug-likeness (QED) is 0.222. The van der Waals surface area contributed by atoms with Crippen molar-refractivity contribution >= 4 is 39.7 Å². The summed E-state index contributed by atoms with van der Waals surface area (Å²) in [5.74, 6) is 1.26. The molecule has 0 bridgehead atoms. The van der Waals surface area contributed by atoms with Crippen LogP contribution in [0.1, 0.15) is 85.1 Å². The maximum atomic E-state index is 13.9. The van der Waals surface area contributed by atoms with E-state index in [0.717, 1.165) is 58.6 Å². The Labute approximate surface area is 250 Å². The summed E-state index contributed by atoms with van der Waals surface area (Å²) in [5, 5.41) is 4.59. The molecule has 5 aromatic rings. The summed E-state index contributed by atoms with van der Waals surface area (Å²) in [4.78, 5) is 39.3. The Balaban J connectivity index is 1.24. The summed E-state index contributed by atoms with van der Waals surface area (Å²) in [6, 6.07) is 12.1. The number of rotatable bonds is 7. The number of hydrogen-bond acceptors (Lipinski definition) is 5. The molecular formula is C35H36N6O2. The fourth-order valence-corrected chi connectivity index (χ4v) is 7.15. The fraction of sp³-hybridized carbons (Fsp3) is 0.343. The Kier molecular flexibility index (Phi) is 6.72. The van der Waals surface area contributed by atoms with Gasteiger partial charge in [0, 0.05) is 43.0 Å². The first-order valence-corrected chi connectivity index (χ1v) is 15.2. The lowest BCUT2D eigenvalue weighted by atomic mass is 9.75. The Morgan fingerprint density at radius 1 is 0.977 bits per heavy atom. The van der Waals surface area contributed by atoms with E-state index in [1.807, 2.05) is 49.7 Å². The van der Waals surface area contributed by atoms with Crippen LogP contribution in [0.4, 0.5) is 0 Å². The van der Waals surface area contributed by atoms with E-state index < -0.39 is 5.54 Å². The molecule has 0 unspecified atom stereocenters. The number of nitrogens with zero attached hydrogens (tertiary/aromatic N) is 5. The highest BCUT2D eigenvalue weighted by molar-refractivity contribution is 6.01. The van der Waals surface area contributed by atoms with Gasteiger partial charge in [0.15, 0.2) is 5.78 Å². The summed E-state index contributed by atoms with van der Waals surface area (Å²) < 4.78 is 4.28. The van der Waals surface area contributed by atoms with Crippen LogP contribution in [-0.4, -0.2) is 35.8 Å². The zero-order valence-electron chi connectivity index (χ0n) is 24.9. The third-order valence-electron chi connectivity index (χ3n) is 9.47. The largest absolute Gasteiger partial charge is 0.342 e. The molecule has 2 aliphatic carbocycles. The standard InChI is InChI=1S/C35H36N6O2/c1-22(42)9-10-23-11-14-29-27(19-23)38-34(41(29)3)35(15-6-16-35)39-33(43)25-12-13-26-30(20-25)40(2)32(28-21-36-17-18-37-28)31(26)24-7-4-5-8-24/h9-14,17-21,24H,4-8,15-16H2,1-3H3,(H,39,43)/b10-9+. The van der Waals surface area contributed by atoms with Gasteiger partial charge in [-0.15, -0.1) is 0 Å². The molecule has 7 rings (SSSR count). The molecule has 2 aliphatic rings. The normalized spacial score (nSPS) is 16.7. The lowest BCUT2D eigenvalue weighted by Gasteiger charge is -2.41. The molecule has 0 radical (unpaired) electrons. The van der Waals surface area contributed by atoms with Gasteiger partial charge in [0.25, 0.3) is 5.91 Å². The third kappa shape index (κ3) is 4.65. The number of carbonyl (C=O) groups is 2. The van der Waals surface area contributed by atoms with Gasteiger partial charge < -0.3 is 14.5 Å². The van der Waals surface area contributed by atoms with Crippen LogP contribution in [0.3, 0.4) is 0 Å². The molecule has 2 aromatic carbocycles. The van der Waals surface area contributed by atoms with E-state index in [2.05, 4.69) is 37.5 Å². The lowest BCUT2D eigenvalue weighted by molar-refractivity contribution is -0.112. The summed E-state index contributed by atoms with van der Waals surface area (Å²) in [5.41, 5.74) is 7.21. The Hall–Kier alpha value is -4.59. The number of fused-ring (bicyclic) bond motifs is 2. The van der Waals surface area contributed by atoms with Gasteiger partial charge >= 0.3 is 0 Å². The number of aryl methyl sites for hydroxylation is 2. The molecular weight excluding hydrogens is 536 g/mol. The summed E-state index contributed by atoms with van der Waals surface area (Å²) in [6.07, 6.45) is 16.2. The molecule has 43 heavy (non-hydrogen) atoms. The molecule has 2 saturated carbocycles. The lowest BCUT2D eigenvalue weighted by Crippen LogP contribution is -2.52. The predicted molar refractivity (Wildman–Crippen MR) is 169 cm³/mol. The van der Waals surface area contributed by atoms with Crippen molar-refractivity contribution in [3.05, 3.63) is 83.6 Å². The summed E-state index contributed by atoms with van der Waals surface area (Å²) in [7, 11) is 4.08. The predicted octanol–water partition coefficient (Wildman–Crippen LogP) is 6.59. The molecule has 2 fully saturated rings. The van der Waals surface area contributed by atoms with Crippen molar-refractivity contribution in [1.82, 2.24) is 29.4 Å². The van der Waals surface area contributed by atoms with E-state index in [0.29, 0.717) is 11.5 Å². The Morgan fingerprint density at radius 3 is 2.49 bits per heavy atom. The Morgan fingerprint density at radius 2 is 1.79 bits per heavy atom. The van der Waals surface area contributed by atoms with Gasteiger partial charge in [-0.3, -0.25) is 19.6 Å². The second-order valence-corrected chi connectivity index (χ2v) is 12.2. The molecule has 3 aromatic heterocycles. The summed E-state index contributed by atoms with van der Waals surface area (Å²) >= 11 is 0. The van der Waals surface area contributed by atoms with Crippen LogP contribution in [0.2, 0.25) is 0 Å². The van der Waals surface area contributed by atoms with Crippen LogP contribution < -0.4 is 5.32 Å². The SMILES string of the molecule is CC(=O)/C=C/c1ccc2c(c1)nc(C1(NC(=O)c3ccc4c(C5CCCC5)c(-c5cnccn5)n(C)c4c3)CCC1)n2C. The monoisotopic (exact) mass is 572 g/mol. The number of aromatic nitrogens is 5. The minimum atomic E-state index is -0.525. The van der Waals surface area contributed by atoms with Crippen LogP contribution in [0.25, 0.3) is 39.4 Å². The van der Waals surface area contributed by atoms with Crippen LogP contribution in [0.5, 0.6) is 0 Å². The molecule has 0 aliphatic heterocycles. The average Bonchev–Trinajstić information content (AvgIpc) is 3.71. The zero-order valence-corrected chi connectivity index (χ0v) is 24.9. The number of hydrogen-bond donors (Lipinski definition) is 1. The maximum Gasteiger partial charge on any atom is 0.252 e. The van der Waals surface area contributed by atoms with E-state index in [1.54, 1.807) is 18.5 Å². The smallest absolute Gasteiger partial charge is 0.252 e. The molecule has 0 spiro atoms. The third-order valence-corrected chi connectivity index (χ3v) is 9.47. The molecule has 3 heterocycles. The van der Waals surface area contributed by atoms with Crippen molar-refractivity contribution in [2.75, 3.05) is 0 Å². The first-order chi connectivity index (χ1) is 20.8. The van der Waals surface area contributed by atoms with Gasteiger partial charge in [0.2, 0.25) is 0 Å². The average molecular weight is 573 g/mol. The number of ketones is 1. The van der Waals surface area contributed by atoms with Crippen LogP contribution in [0.15, 0.2) is 61.1 Å². The highest BCUT2D eigenvalue weighted by atomic mass is 16.2. The van der Waals surface area contributed by atoms with Crippen molar-refractivity contribution in [1.29, 1.82) is 0 Å². The fourth-order valence-electron chi connectivity index (χ4n) is 7.15. The van der Waals surface area contributed by atoms with E-state index in [4.69, 9.17) is 4.98 Å². The molecule has 1 amide bonds. The number of carbonyl (C=O) groups excluding carboxylic acids is 2. The van der Waals surface area contributed by atoms with Gasteiger partial charge in [0.1, 0.15) is 11.5 Å². The molecule has 0 atom stereocenters. The van der Waals surface area contributed by atoms with Gasteiger partial charge in [-0.2, -0.15) is 0 Å².